The van der Waals surface area contributed by atoms with E-state index in [2.05, 4.69) is 40.1 Å². The van der Waals surface area contributed by atoms with E-state index in [0.717, 1.165) is 30.5 Å². The third-order valence-corrected chi connectivity index (χ3v) is 3.53. The van der Waals surface area contributed by atoms with Crippen molar-refractivity contribution in [2.45, 2.75) is 52.5 Å². The molecule has 1 fully saturated rings. The molecule has 1 aromatic rings. The molecule has 0 aromatic carbocycles. The third-order valence-electron chi connectivity index (χ3n) is 3.53. The van der Waals surface area contributed by atoms with Crippen molar-refractivity contribution in [2.24, 2.45) is 0 Å². The molecule has 0 aliphatic carbocycles. The highest BCUT2D eigenvalue weighted by Gasteiger charge is 2.19. The Bertz CT molecular complexity index is 391. The number of aryl methyl sites for hydroxylation is 1. The summed E-state index contributed by atoms with van der Waals surface area (Å²) in [4.78, 5) is 11.5. The van der Waals surface area contributed by atoms with E-state index < -0.39 is 0 Å². The number of nitrogens with one attached hydrogen (secondary N) is 1. The van der Waals surface area contributed by atoms with E-state index in [0.29, 0.717) is 6.04 Å². The summed E-state index contributed by atoms with van der Waals surface area (Å²) in [6, 6.07) is 2.66. The number of hydrogen-bond donors (Lipinski definition) is 1. The zero-order valence-corrected chi connectivity index (χ0v) is 11.7. The molecule has 18 heavy (non-hydrogen) atoms. The normalized spacial score (nSPS) is 20.6. The molecule has 0 saturated carbocycles. The van der Waals surface area contributed by atoms with Crippen molar-refractivity contribution in [1.29, 1.82) is 0 Å². The molecule has 4 nitrogen and oxygen atoms in total. The second-order valence-corrected chi connectivity index (χ2v) is 5.08. The van der Waals surface area contributed by atoms with Crippen LogP contribution in [0.15, 0.2) is 6.07 Å². The van der Waals surface area contributed by atoms with Gasteiger partial charge in [0.25, 0.3) is 0 Å². The number of nitrogens with zero attached hydrogens (tertiary/aromatic N) is 3. The standard InChI is InChI=1S/C14H24N4/c1-4-15-13-10-14(17-12(3)16-13)18-9-7-5-6-8-11(18)2/h10-11H,4-9H2,1-3H3,(H,15,16,17). The molecule has 1 N–H and O–H groups in total. The summed E-state index contributed by atoms with van der Waals surface area (Å²) in [6.45, 7) is 8.36. The van der Waals surface area contributed by atoms with Crippen LogP contribution < -0.4 is 10.2 Å². The van der Waals surface area contributed by atoms with Crippen molar-refractivity contribution < 1.29 is 0 Å². The van der Waals surface area contributed by atoms with Crippen LogP contribution in [0.1, 0.15) is 45.4 Å². The second-order valence-electron chi connectivity index (χ2n) is 5.08. The van der Waals surface area contributed by atoms with Gasteiger partial charge in [0.2, 0.25) is 0 Å². The van der Waals surface area contributed by atoms with Gasteiger partial charge in [0.1, 0.15) is 17.5 Å². The molecular formula is C14H24N4. The molecule has 1 aliphatic rings. The fraction of sp³-hybridized carbons (Fsp3) is 0.714. The minimum Gasteiger partial charge on any atom is -0.370 e. The van der Waals surface area contributed by atoms with Gasteiger partial charge in [0, 0.05) is 25.2 Å². The van der Waals surface area contributed by atoms with E-state index in [1.54, 1.807) is 0 Å². The van der Waals surface area contributed by atoms with Crippen LogP contribution in [0.25, 0.3) is 0 Å². The summed E-state index contributed by atoms with van der Waals surface area (Å²) < 4.78 is 0. The lowest BCUT2D eigenvalue weighted by Crippen LogP contribution is -2.33. The Morgan fingerprint density at radius 2 is 2.17 bits per heavy atom. The molecule has 1 unspecified atom stereocenters. The van der Waals surface area contributed by atoms with Gasteiger partial charge in [0.05, 0.1) is 0 Å². The average molecular weight is 248 g/mol. The van der Waals surface area contributed by atoms with Gasteiger partial charge in [-0.15, -0.1) is 0 Å². The first-order valence-corrected chi connectivity index (χ1v) is 7.07. The van der Waals surface area contributed by atoms with Gasteiger partial charge in [-0.3, -0.25) is 0 Å². The molecule has 0 spiro atoms. The largest absolute Gasteiger partial charge is 0.370 e. The van der Waals surface area contributed by atoms with E-state index in [1.807, 2.05) is 6.92 Å². The average Bonchev–Trinajstić information content (AvgIpc) is 2.53. The SMILES string of the molecule is CCNc1cc(N2CCCCCC2C)nc(C)n1. The van der Waals surface area contributed by atoms with Crippen LogP contribution in [0, 0.1) is 6.92 Å². The van der Waals surface area contributed by atoms with E-state index in [9.17, 15) is 0 Å². The minimum absolute atomic E-state index is 0.580. The summed E-state index contributed by atoms with van der Waals surface area (Å²) in [5.41, 5.74) is 0. The molecule has 100 valence electrons. The molecule has 1 aromatic heterocycles. The Kier molecular flexibility index (Phi) is 4.39. The van der Waals surface area contributed by atoms with Crippen molar-refractivity contribution in [1.82, 2.24) is 9.97 Å². The number of hydrogen-bond acceptors (Lipinski definition) is 4. The highest BCUT2D eigenvalue weighted by molar-refractivity contribution is 5.50. The Balaban J connectivity index is 2.24. The monoisotopic (exact) mass is 248 g/mol. The van der Waals surface area contributed by atoms with Gasteiger partial charge in [-0.2, -0.15) is 0 Å². The van der Waals surface area contributed by atoms with E-state index in [-0.39, 0.29) is 0 Å². The molecule has 2 rings (SSSR count). The van der Waals surface area contributed by atoms with Gasteiger partial charge in [-0.05, 0) is 33.6 Å². The molecule has 1 aliphatic heterocycles. The third kappa shape index (κ3) is 3.12. The van der Waals surface area contributed by atoms with Crippen LogP contribution in [0.5, 0.6) is 0 Å². The van der Waals surface area contributed by atoms with Crippen LogP contribution in [0.4, 0.5) is 11.6 Å². The van der Waals surface area contributed by atoms with Crippen LogP contribution in [0.2, 0.25) is 0 Å². The fourth-order valence-corrected chi connectivity index (χ4v) is 2.59. The maximum Gasteiger partial charge on any atom is 0.134 e. The lowest BCUT2D eigenvalue weighted by atomic mass is 10.1. The predicted octanol–water partition coefficient (Wildman–Crippen LogP) is 2.99. The van der Waals surface area contributed by atoms with Crippen LogP contribution in [-0.4, -0.2) is 29.1 Å². The Morgan fingerprint density at radius 3 is 2.94 bits per heavy atom. The minimum atomic E-state index is 0.580. The van der Waals surface area contributed by atoms with Crippen molar-refractivity contribution in [2.75, 3.05) is 23.3 Å². The predicted molar refractivity (Wildman–Crippen MR) is 76.2 cm³/mol. The fourth-order valence-electron chi connectivity index (χ4n) is 2.59. The maximum absolute atomic E-state index is 4.61. The molecule has 0 bridgehead atoms. The van der Waals surface area contributed by atoms with Crippen molar-refractivity contribution in [3.05, 3.63) is 11.9 Å². The van der Waals surface area contributed by atoms with Gasteiger partial charge >= 0.3 is 0 Å². The molecule has 2 heterocycles. The quantitative estimate of drug-likeness (QED) is 0.893. The van der Waals surface area contributed by atoms with Gasteiger partial charge in [0.15, 0.2) is 0 Å². The summed E-state index contributed by atoms with van der Waals surface area (Å²) in [7, 11) is 0. The first kappa shape index (κ1) is 13.1. The van der Waals surface area contributed by atoms with Crippen LogP contribution in [-0.2, 0) is 0 Å². The summed E-state index contributed by atoms with van der Waals surface area (Å²) in [5.74, 6) is 2.86. The molecular weight excluding hydrogens is 224 g/mol. The highest BCUT2D eigenvalue weighted by atomic mass is 15.2. The van der Waals surface area contributed by atoms with Crippen molar-refractivity contribution in [3.8, 4) is 0 Å². The first-order chi connectivity index (χ1) is 8.70. The van der Waals surface area contributed by atoms with Crippen molar-refractivity contribution >= 4 is 11.6 Å². The van der Waals surface area contributed by atoms with Crippen molar-refractivity contribution in [3.63, 3.8) is 0 Å². The molecule has 1 atom stereocenters. The zero-order chi connectivity index (χ0) is 13.0. The maximum atomic E-state index is 4.61. The first-order valence-electron chi connectivity index (χ1n) is 7.07. The topological polar surface area (TPSA) is 41.0 Å². The van der Waals surface area contributed by atoms with Gasteiger partial charge in [-0.25, -0.2) is 9.97 Å². The lowest BCUT2D eigenvalue weighted by Gasteiger charge is -2.28. The molecule has 4 heteroatoms. The number of anilines is 2. The highest BCUT2D eigenvalue weighted by Crippen LogP contribution is 2.24. The summed E-state index contributed by atoms with van der Waals surface area (Å²) in [5, 5.41) is 3.28. The van der Waals surface area contributed by atoms with Gasteiger partial charge in [-0.1, -0.05) is 12.8 Å². The molecule has 1 saturated heterocycles. The smallest absolute Gasteiger partial charge is 0.134 e. The summed E-state index contributed by atoms with van der Waals surface area (Å²) in [6.07, 6.45) is 5.20. The van der Waals surface area contributed by atoms with E-state index in [1.165, 1.54) is 25.7 Å². The van der Waals surface area contributed by atoms with Crippen LogP contribution >= 0.6 is 0 Å². The number of rotatable bonds is 3. The number of aromatic nitrogens is 2. The molecule has 0 radical (unpaired) electrons. The van der Waals surface area contributed by atoms with E-state index in [4.69, 9.17) is 0 Å². The second kappa shape index (κ2) is 6.03. The summed E-state index contributed by atoms with van der Waals surface area (Å²) >= 11 is 0. The van der Waals surface area contributed by atoms with E-state index >= 15 is 0 Å². The zero-order valence-electron chi connectivity index (χ0n) is 11.7. The molecule has 0 amide bonds. The van der Waals surface area contributed by atoms with Gasteiger partial charge < -0.3 is 10.2 Å². The Hall–Kier alpha value is -1.32. The lowest BCUT2D eigenvalue weighted by molar-refractivity contribution is 0.610. The Labute approximate surface area is 110 Å². The van der Waals surface area contributed by atoms with Crippen LogP contribution in [0.3, 0.4) is 0 Å². The Morgan fingerprint density at radius 1 is 1.33 bits per heavy atom.